The van der Waals surface area contributed by atoms with Crippen LogP contribution in [0.15, 0.2) is 23.1 Å². The van der Waals surface area contributed by atoms with Gasteiger partial charge in [-0.05, 0) is 12.1 Å². The number of hydrogen-bond acceptors (Lipinski definition) is 6. The number of amides is 3. The highest BCUT2D eigenvalue weighted by molar-refractivity contribution is 7.91. The highest BCUT2D eigenvalue weighted by Crippen LogP contribution is 2.32. The van der Waals surface area contributed by atoms with Crippen molar-refractivity contribution >= 4 is 21.8 Å². The molecule has 21 heavy (non-hydrogen) atoms. The largest absolute Gasteiger partial charge is 0.486 e. The summed E-state index contributed by atoms with van der Waals surface area (Å²) in [5.41, 5.74) is 4.77. The van der Waals surface area contributed by atoms with Crippen molar-refractivity contribution in [1.82, 2.24) is 5.32 Å². The van der Waals surface area contributed by atoms with Gasteiger partial charge in [0, 0.05) is 12.5 Å². The zero-order chi connectivity index (χ0) is 15.5. The molecule has 1 aromatic carbocycles. The maximum Gasteiger partial charge on any atom is 0.318 e. The SMILES string of the molecule is NC(=O)NC(=O)CCS(=O)(=O)c1ccc2c(c1)OCCO2. The van der Waals surface area contributed by atoms with E-state index in [2.05, 4.69) is 0 Å². The number of fused-ring (bicyclic) bond motifs is 1. The van der Waals surface area contributed by atoms with Gasteiger partial charge in [0.25, 0.3) is 0 Å². The van der Waals surface area contributed by atoms with Crippen molar-refractivity contribution in [3.05, 3.63) is 18.2 Å². The first-order valence-corrected chi connectivity index (χ1v) is 7.75. The molecule has 0 aromatic heterocycles. The summed E-state index contributed by atoms with van der Waals surface area (Å²) in [6, 6.07) is 3.23. The van der Waals surface area contributed by atoms with E-state index in [-0.39, 0.29) is 11.3 Å². The van der Waals surface area contributed by atoms with E-state index in [1.54, 1.807) is 0 Å². The quantitative estimate of drug-likeness (QED) is 0.794. The molecular formula is C12H14N2O6S. The maximum atomic E-state index is 12.1. The number of imide groups is 1. The Morgan fingerprint density at radius 2 is 1.86 bits per heavy atom. The van der Waals surface area contributed by atoms with Gasteiger partial charge in [0.15, 0.2) is 21.3 Å². The summed E-state index contributed by atoms with van der Waals surface area (Å²) >= 11 is 0. The minimum Gasteiger partial charge on any atom is -0.486 e. The number of urea groups is 1. The van der Waals surface area contributed by atoms with E-state index in [0.29, 0.717) is 24.7 Å². The molecule has 0 atom stereocenters. The van der Waals surface area contributed by atoms with Crippen molar-refractivity contribution in [2.75, 3.05) is 19.0 Å². The minimum absolute atomic E-state index is 0.0265. The van der Waals surface area contributed by atoms with E-state index in [4.69, 9.17) is 15.2 Å². The number of carbonyl (C=O) groups excluding carboxylic acids is 2. The third kappa shape index (κ3) is 3.85. The van der Waals surface area contributed by atoms with Crippen molar-refractivity contribution in [1.29, 1.82) is 0 Å². The van der Waals surface area contributed by atoms with Crippen LogP contribution in [-0.4, -0.2) is 39.3 Å². The first-order chi connectivity index (χ1) is 9.88. The van der Waals surface area contributed by atoms with Crippen LogP contribution in [0.1, 0.15) is 6.42 Å². The molecule has 2 rings (SSSR count). The number of hydrogen-bond donors (Lipinski definition) is 2. The summed E-state index contributed by atoms with van der Waals surface area (Å²) in [6.45, 7) is 0.754. The van der Waals surface area contributed by atoms with Crippen LogP contribution in [0.25, 0.3) is 0 Å². The molecule has 0 radical (unpaired) electrons. The zero-order valence-corrected chi connectivity index (χ0v) is 11.8. The van der Waals surface area contributed by atoms with E-state index >= 15 is 0 Å². The van der Waals surface area contributed by atoms with Gasteiger partial charge in [0.2, 0.25) is 5.91 Å². The Morgan fingerprint density at radius 1 is 1.19 bits per heavy atom. The summed E-state index contributed by atoms with van der Waals surface area (Å²) < 4.78 is 34.8. The Labute approximate surface area is 121 Å². The average molecular weight is 314 g/mol. The van der Waals surface area contributed by atoms with E-state index in [1.807, 2.05) is 5.32 Å². The van der Waals surface area contributed by atoms with Crippen molar-refractivity contribution in [2.24, 2.45) is 5.73 Å². The molecule has 0 saturated heterocycles. The van der Waals surface area contributed by atoms with Crippen LogP contribution >= 0.6 is 0 Å². The lowest BCUT2D eigenvalue weighted by Crippen LogP contribution is -2.35. The van der Waals surface area contributed by atoms with Crippen LogP contribution in [0, 0.1) is 0 Å². The number of benzene rings is 1. The summed E-state index contributed by atoms with van der Waals surface area (Å²) in [5.74, 6) is -0.356. The lowest BCUT2D eigenvalue weighted by molar-refractivity contribution is -0.119. The summed E-state index contributed by atoms with van der Waals surface area (Å²) in [7, 11) is -3.67. The topological polar surface area (TPSA) is 125 Å². The number of nitrogens with one attached hydrogen (secondary N) is 1. The van der Waals surface area contributed by atoms with Crippen molar-refractivity contribution < 1.29 is 27.5 Å². The Morgan fingerprint density at radius 3 is 2.52 bits per heavy atom. The van der Waals surface area contributed by atoms with Crippen LogP contribution in [-0.2, 0) is 14.6 Å². The predicted octanol–water partition coefficient (Wildman–Crippen LogP) is -0.184. The van der Waals surface area contributed by atoms with Crippen LogP contribution < -0.4 is 20.5 Å². The molecule has 3 N–H and O–H groups in total. The smallest absolute Gasteiger partial charge is 0.318 e. The van der Waals surface area contributed by atoms with Gasteiger partial charge < -0.3 is 15.2 Å². The number of nitrogens with two attached hydrogens (primary N) is 1. The molecule has 1 aliphatic rings. The molecular weight excluding hydrogens is 300 g/mol. The summed E-state index contributed by atoms with van der Waals surface area (Å²) in [6.07, 6.45) is -0.361. The average Bonchev–Trinajstić information content (AvgIpc) is 2.44. The first-order valence-electron chi connectivity index (χ1n) is 6.10. The van der Waals surface area contributed by atoms with Crippen LogP contribution in [0.4, 0.5) is 4.79 Å². The molecule has 114 valence electrons. The van der Waals surface area contributed by atoms with Gasteiger partial charge in [-0.25, -0.2) is 13.2 Å². The summed E-state index contributed by atoms with van der Waals surface area (Å²) in [4.78, 5) is 21.7. The van der Waals surface area contributed by atoms with E-state index < -0.39 is 27.5 Å². The van der Waals surface area contributed by atoms with Crippen molar-refractivity contribution in [3.63, 3.8) is 0 Å². The highest BCUT2D eigenvalue weighted by atomic mass is 32.2. The fraction of sp³-hybridized carbons (Fsp3) is 0.333. The van der Waals surface area contributed by atoms with E-state index in [9.17, 15) is 18.0 Å². The van der Waals surface area contributed by atoms with E-state index in [0.717, 1.165) is 0 Å². The number of ether oxygens (including phenoxy) is 2. The Hall–Kier alpha value is -2.29. The van der Waals surface area contributed by atoms with Gasteiger partial charge >= 0.3 is 6.03 Å². The number of primary amides is 1. The normalized spacial score (nSPS) is 13.5. The van der Waals surface area contributed by atoms with Crippen molar-refractivity contribution in [2.45, 2.75) is 11.3 Å². The second kappa shape index (κ2) is 6.00. The predicted molar refractivity (Wildman–Crippen MR) is 71.8 cm³/mol. The molecule has 3 amide bonds. The number of rotatable bonds is 4. The minimum atomic E-state index is -3.67. The molecule has 0 saturated carbocycles. The molecule has 1 aromatic rings. The molecule has 0 aliphatic carbocycles. The van der Waals surface area contributed by atoms with Crippen LogP contribution in [0.3, 0.4) is 0 Å². The first kappa shape index (κ1) is 15.1. The van der Waals surface area contributed by atoms with Gasteiger partial charge in [-0.15, -0.1) is 0 Å². The van der Waals surface area contributed by atoms with Crippen molar-refractivity contribution in [3.8, 4) is 11.5 Å². The van der Waals surface area contributed by atoms with Gasteiger partial charge in [-0.1, -0.05) is 0 Å². The number of carbonyl (C=O) groups is 2. The van der Waals surface area contributed by atoms with Gasteiger partial charge in [0.1, 0.15) is 13.2 Å². The molecule has 1 aliphatic heterocycles. The van der Waals surface area contributed by atoms with Gasteiger partial charge in [-0.3, -0.25) is 10.1 Å². The lowest BCUT2D eigenvalue weighted by Gasteiger charge is -2.18. The maximum absolute atomic E-state index is 12.1. The monoisotopic (exact) mass is 314 g/mol. The Balaban J connectivity index is 2.09. The molecule has 0 bridgehead atoms. The fourth-order valence-corrected chi connectivity index (χ4v) is 3.01. The second-order valence-corrected chi connectivity index (χ2v) is 6.40. The second-order valence-electron chi connectivity index (χ2n) is 4.29. The third-order valence-corrected chi connectivity index (χ3v) is 4.45. The molecule has 1 heterocycles. The van der Waals surface area contributed by atoms with Crippen LogP contribution in [0.2, 0.25) is 0 Å². The molecule has 9 heteroatoms. The lowest BCUT2D eigenvalue weighted by atomic mass is 10.3. The van der Waals surface area contributed by atoms with Crippen LogP contribution in [0.5, 0.6) is 11.5 Å². The molecule has 0 spiro atoms. The van der Waals surface area contributed by atoms with E-state index in [1.165, 1.54) is 18.2 Å². The van der Waals surface area contributed by atoms with Gasteiger partial charge in [-0.2, -0.15) is 0 Å². The molecule has 0 unspecified atom stereocenters. The summed E-state index contributed by atoms with van der Waals surface area (Å²) in [5, 5.41) is 1.81. The molecule has 8 nitrogen and oxygen atoms in total. The standard InChI is InChI=1S/C12H14N2O6S/c13-12(16)14-11(15)3-6-21(17,18)8-1-2-9-10(7-8)20-5-4-19-9/h1-2,7H,3-6H2,(H3,13,14,15,16). The molecule has 0 fully saturated rings. The van der Waals surface area contributed by atoms with Gasteiger partial charge in [0.05, 0.1) is 10.6 Å². The third-order valence-electron chi connectivity index (χ3n) is 2.73. The Kier molecular flexibility index (Phi) is 4.32. The fourth-order valence-electron chi connectivity index (χ4n) is 1.76. The zero-order valence-electron chi connectivity index (χ0n) is 11.0. The highest BCUT2D eigenvalue weighted by Gasteiger charge is 2.20. The Bertz CT molecular complexity index is 670. The number of sulfone groups is 1.